The van der Waals surface area contributed by atoms with Gasteiger partial charge < -0.3 is 11.1 Å². The molecule has 1 amide bonds. The van der Waals surface area contributed by atoms with Gasteiger partial charge in [0.1, 0.15) is 0 Å². The number of hydrogen-bond donors (Lipinski definition) is 2. The van der Waals surface area contributed by atoms with Crippen molar-refractivity contribution < 1.29 is 4.79 Å². The van der Waals surface area contributed by atoms with Crippen LogP contribution in [0.4, 0.5) is 0 Å². The van der Waals surface area contributed by atoms with Crippen LogP contribution in [0.25, 0.3) is 0 Å². The van der Waals surface area contributed by atoms with E-state index in [1.807, 2.05) is 19.3 Å². The Morgan fingerprint density at radius 2 is 2.29 bits per heavy atom. The van der Waals surface area contributed by atoms with E-state index in [2.05, 4.69) is 10.4 Å². The first-order chi connectivity index (χ1) is 7.84. The largest absolute Gasteiger partial charge is 0.392 e. The van der Waals surface area contributed by atoms with E-state index in [9.17, 15) is 4.79 Å². The second-order valence-electron chi connectivity index (χ2n) is 4.48. The third kappa shape index (κ3) is 3.52. The SMILES string of the molecule is Cn1ccc(CCNC(=O)C(C)(C)C(N)=S)n1. The monoisotopic (exact) mass is 254 g/mol. The van der Waals surface area contributed by atoms with Crippen molar-refractivity contribution in [3.8, 4) is 0 Å². The molecule has 0 radical (unpaired) electrons. The molecule has 0 unspecified atom stereocenters. The van der Waals surface area contributed by atoms with Crippen molar-refractivity contribution in [2.24, 2.45) is 18.2 Å². The number of nitrogens with one attached hydrogen (secondary N) is 1. The number of aromatic nitrogens is 2. The Morgan fingerprint density at radius 3 is 2.76 bits per heavy atom. The molecule has 1 aromatic heterocycles. The summed E-state index contributed by atoms with van der Waals surface area (Å²) < 4.78 is 1.73. The molecule has 5 nitrogen and oxygen atoms in total. The van der Waals surface area contributed by atoms with Gasteiger partial charge in [-0.05, 0) is 19.9 Å². The maximum absolute atomic E-state index is 11.8. The van der Waals surface area contributed by atoms with Gasteiger partial charge in [0.25, 0.3) is 0 Å². The zero-order valence-electron chi connectivity index (χ0n) is 10.4. The van der Waals surface area contributed by atoms with Gasteiger partial charge in [-0.1, -0.05) is 12.2 Å². The standard InChI is InChI=1S/C11H18N4OS/c1-11(2,9(12)17)10(16)13-6-4-8-5-7-15(3)14-8/h5,7H,4,6H2,1-3H3,(H2,12,17)(H,13,16). The lowest BCUT2D eigenvalue weighted by molar-refractivity contribution is -0.126. The van der Waals surface area contributed by atoms with Gasteiger partial charge in [-0.25, -0.2) is 0 Å². The predicted molar refractivity (Wildman–Crippen MR) is 70.5 cm³/mol. The van der Waals surface area contributed by atoms with Crippen LogP contribution < -0.4 is 11.1 Å². The fraction of sp³-hybridized carbons (Fsp3) is 0.545. The Kier molecular flexibility index (Phi) is 4.22. The number of nitrogens with two attached hydrogens (primary N) is 1. The zero-order chi connectivity index (χ0) is 13.1. The highest BCUT2D eigenvalue weighted by Crippen LogP contribution is 2.15. The highest BCUT2D eigenvalue weighted by atomic mass is 32.1. The van der Waals surface area contributed by atoms with E-state index in [1.165, 1.54) is 0 Å². The first-order valence-corrected chi connectivity index (χ1v) is 5.81. The predicted octanol–water partition coefficient (Wildman–Crippen LogP) is 0.391. The third-order valence-electron chi connectivity index (χ3n) is 2.62. The summed E-state index contributed by atoms with van der Waals surface area (Å²) in [4.78, 5) is 12.0. The Morgan fingerprint density at radius 1 is 1.65 bits per heavy atom. The summed E-state index contributed by atoms with van der Waals surface area (Å²) in [6.45, 7) is 3.96. The summed E-state index contributed by atoms with van der Waals surface area (Å²) in [5.41, 5.74) is 5.65. The Bertz CT molecular complexity index is 425. The van der Waals surface area contributed by atoms with Crippen LogP contribution in [-0.2, 0) is 18.3 Å². The van der Waals surface area contributed by atoms with Crippen LogP contribution in [0.5, 0.6) is 0 Å². The van der Waals surface area contributed by atoms with Crippen molar-refractivity contribution in [2.75, 3.05) is 6.54 Å². The molecule has 3 N–H and O–H groups in total. The van der Waals surface area contributed by atoms with Gasteiger partial charge in [-0.2, -0.15) is 5.10 Å². The van der Waals surface area contributed by atoms with Gasteiger partial charge in [0.15, 0.2) is 0 Å². The molecule has 17 heavy (non-hydrogen) atoms. The Labute approximate surface area is 106 Å². The van der Waals surface area contributed by atoms with Crippen molar-refractivity contribution >= 4 is 23.1 Å². The van der Waals surface area contributed by atoms with E-state index >= 15 is 0 Å². The van der Waals surface area contributed by atoms with Crippen LogP contribution in [-0.4, -0.2) is 27.2 Å². The normalized spacial score (nSPS) is 11.2. The molecular weight excluding hydrogens is 236 g/mol. The summed E-state index contributed by atoms with van der Waals surface area (Å²) >= 11 is 4.86. The molecule has 0 aliphatic heterocycles. The van der Waals surface area contributed by atoms with E-state index in [0.717, 1.165) is 5.69 Å². The highest BCUT2D eigenvalue weighted by Gasteiger charge is 2.30. The van der Waals surface area contributed by atoms with Crippen LogP contribution in [0.1, 0.15) is 19.5 Å². The van der Waals surface area contributed by atoms with Gasteiger partial charge in [-0.15, -0.1) is 0 Å². The molecule has 0 aromatic carbocycles. The first kappa shape index (κ1) is 13.6. The molecule has 0 bridgehead atoms. The second kappa shape index (κ2) is 5.27. The minimum atomic E-state index is -0.806. The number of carbonyl (C=O) groups excluding carboxylic acids is 1. The van der Waals surface area contributed by atoms with E-state index in [4.69, 9.17) is 18.0 Å². The summed E-state index contributed by atoms with van der Waals surface area (Å²) in [5, 5.41) is 7.03. The molecular formula is C11H18N4OS. The third-order valence-corrected chi connectivity index (χ3v) is 3.13. The van der Waals surface area contributed by atoms with Gasteiger partial charge >= 0.3 is 0 Å². The Balaban J connectivity index is 2.42. The number of thiocarbonyl (C=S) groups is 1. The molecule has 0 spiro atoms. The summed E-state index contributed by atoms with van der Waals surface area (Å²) in [7, 11) is 1.86. The number of hydrogen-bond acceptors (Lipinski definition) is 3. The van der Waals surface area contributed by atoms with Crippen LogP contribution in [0.15, 0.2) is 12.3 Å². The number of nitrogens with zero attached hydrogens (tertiary/aromatic N) is 2. The fourth-order valence-corrected chi connectivity index (χ4v) is 1.33. The topological polar surface area (TPSA) is 72.9 Å². The summed E-state index contributed by atoms with van der Waals surface area (Å²) in [6, 6.07) is 1.92. The molecule has 0 saturated heterocycles. The van der Waals surface area contributed by atoms with E-state index in [0.29, 0.717) is 13.0 Å². The molecule has 1 aromatic rings. The van der Waals surface area contributed by atoms with Gasteiger partial charge in [-0.3, -0.25) is 9.48 Å². The molecule has 1 heterocycles. The lowest BCUT2D eigenvalue weighted by Crippen LogP contribution is -2.45. The second-order valence-corrected chi connectivity index (χ2v) is 4.92. The lowest BCUT2D eigenvalue weighted by atomic mass is 9.92. The Hall–Kier alpha value is -1.43. The molecule has 0 fully saturated rings. The molecule has 0 saturated carbocycles. The molecule has 0 aliphatic rings. The zero-order valence-corrected chi connectivity index (χ0v) is 11.2. The lowest BCUT2D eigenvalue weighted by Gasteiger charge is -2.21. The highest BCUT2D eigenvalue weighted by molar-refractivity contribution is 7.80. The van der Waals surface area contributed by atoms with Crippen molar-refractivity contribution in [2.45, 2.75) is 20.3 Å². The van der Waals surface area contributed by atoms with Crippen molar-refractivity contribution in [3.63, 3.8) is 0 Å². The minimum absolute atomic E-state index is 0.152. The van der Waals surface area contributed by atoms with Gasteiger partial charge in [0.05, 0.1) is 16.1 Å². The maximum atomic E-state index is 11.8. The van der Waals surface area contributed by atoms with Crippen molar-refractivity contribution in [1.82, 2.24) is 15.1 Å². The molecule has 6 heteroatoms. The smallest absolute Gasteiger partial charge is 0.232 e. The van der Waals surface area contributed by atoms with Crippen LogP contribution in [0, 0.1) is 5.41 Å². The van der Waals surface area contributed by atoms with E-state index in [-0.39, 0.29) is 10.9 Å². The molecule has 0 atom stereocenters. The number of aryl methyl sites for hydroxylation is 1. The molecule has 0 aliphatic carbocycles. The average molecular weight is 254 g/mol. The van der Waals surface area contributed by atoms with Gasteiger partial charge in [0, 0.05) is 26.2 Å². The van der Waals surface area contributed by atoms with Gasteiger partial charge in [0.2, 0.25) is 5.91 Å². The number of amides is 1. The quantitative estimate of drug-likeness (QED) is 0.746. The van der Waals surface area contributed by atoms with E-state index < -0.39 is 5.41 Å². The molecule has 1 rings (SSSR count). The van der Waals surface area contributed by atoms with Crippen molar-refractivity contribution in [3.05, 3.63) is 18.0 Å². The summed E-state index contributed by atoms with van der Waals surface area (Å²) in [6.07, 6.45) is 2.57. The molecule has 94 valence electrons. The number of rotatable bonds is 5. The fourth-order valence-electron chi connectivity index (χ4n) is 1.23. The van der Waals surface area contributed by atoms with Crippen molar-refractivity contribution in [1.29, 1.82) is 0 Å². The van der Waals surface area contributed by atoms with Crippen LogP contribution >= 0.6 is 12.2 Å². The van der Waals surface area contributed by atoms with Crippen LogP contribution in [0.3, 0.4) is 0 Å². The first-order valence-electron chi connectivity index (χ1n) is 5.41. The van der Waals surface area contributed by atoms with E-state index in [1.54, 1.807) is 18.5 Å². The minimum Gasteiger partial charge on any atom is -0.392 e. The van der Waals surface area contributed by atoms with Crippen LogP contribution in [0.2, 0.25) is 0 Å². The summed E-state index contributed by atoms with van der Waals surface area (Å²) in [5.74, 6) is -0.152. The number of carbonyl (C=O) groups is 1. The maximum Gasteiger partial charge on any atom is 0.232 e. The average Bonchev–Trinajstić information content (AvgIpc) is 2.63.